The lowest BCUT2D eigenvalue weighted by atomic mass is 10.2. The summed E-state index contributed by atoms with van der Waals surface area (Å²) in [5.41, 5.74) is 0.308. The first-order valence-corrected chi connectivity index (χ1v) is 6.85. The average Bonchev–Trinajstić information content (AvgIpc) is 2.98. The van der Waals surface area contributed by atoms with Crippen molar-refractivity contribution in [2.75, 3.05) is 18.5 Å². The quantitative estimate of drug-likeness (QED) is 0.641. The lowest BCUT2D eigenvalue weighted by molar-refractivity contribution is -0.384. The normalized spacial score (nSPS) is 19.2. The van der Waals surface area contributed by atoms with Gasteiger partial charge >= 0.3 is 0 Å². The van der Waals surface area contributed by atoms with Crippen molar-refractivity contribution >= 4 is 17.3 Å². The zero-order valence-electron chi connectivity index (χ0n) is 11.8. The van der Waals surface area contributed by atoms with Gasteiger partial charge in [-0.2, -0.15) is 0 Å². The maximum Gasteiger partial charge on any atom is 0.271 e. The van der Waals surface area contributed by atoms with Gasteiger partial charge in [0, 0.05) is 24.4 Å². The van der Waals surface area contributed by atoms with Crippen LogP contribution in [0.2, 0.25) is 0 Å². The number of amides is 1. The van der Waals surface area contributed by atoms with Crippen LogP contribution in [0, 0.1) is 10.1 Å². The number of anilines is 1. The molecule has 1 fully saturated rings. The molecular weight excluding hydrogens is 276 g/mol. The van der Waals surface area contributed by atoms with Crippen LogP contribution in [0.25, 0.3) is 0 Å². The summed E-state index contributed by atoms with van der Waals surface area (Å²) in [6.45, 7) is 2.76. The van der Waals surface area contributed by atoms with Crippen molar-refractivity contribution in [3.63, 3.8) is 0 Å². The summed E-state index contributed by atoms with van der Waals surface area (Å²) in [4.78, 5) is 22.1. The average molecular weight is 294 g/mol. The molecule has 0 bridgehead atoms. The molecule has 2 atom stereocenters. The van der Waals surface area contributed by atoms with Crippen molar-refractivity contribution in [3.8, 4) is 0 Å². The van der Waals surface area contributed by atoms with Crippen molar-refractivity contribution in [2.45, 2.75) is 32.0 Å². The molecule has 2 rings (SSSR count). The molecule has 1 aliphatic rings. The van der Waals surface area contributed by atoms with Gasteiger partial charge in [0.05, 0.1) is 17.6 Å². The smallest absolute Gasteiger partial charge is 0.271 e. The first-order chi connectivity index (χ1) is 10.1. The minimum absolute atomic E-state index is 0.0538. The number of rotatable bonds is 6. The number of nitro groups is 1. The Bertz CT molecular complexity index is 514. The van der Waals surface area contributed by atoms with Crippen LogP contribution >= 0.6 is 0 Å². The number of nitrogens with zero attached hydrogens (tertiary/aromatic N) is 1. The van der Waals surface area contributed by atoms with Gasteiger partial charge in [-0.25, -0.2) is 0 Å². The third-order valence-electron chi connectivity index (χ3n) is 3.25. The summed E-state index contributed by atoms with van der Waals surface area (Å²) < 4.78 is 10.9. The van der Waals surface area contributed by atoms with Crippen molar-refractivity contribution in [2.24, 2.45) is 0 Å². The molecule has 7 heteroatoms. The molecule has 0 aromatic heterocycles. The van der Waals surface area contributed by atoms with E-state index in [1.165, 1.54) is 18.2 Å². The molecule has 1 aromatic carbocycles. The zero-order valence-corrected chi connectivity index (χ0v) is 11.8. The molecule has 1 heterocycles. The third kappa shape index (κ3) is 4.51. The van der Waals surface area contributed by atoms with Crippen molar-refractivity contribution in [1.29, 1.82) is 0 Å². The summed E-state index contributed by atoms with van der Waals surface area (Å²) in [6, 6.07) is 5.79. The number of nitrogens with one attached hydrogen (secondary N) is 1. The topological polar surface area (TPSA) is 90.7 Å². The second-order valence-electron chi connectivity index (χ2n) is 4.91. The van der Waals surface area contributed by atoms with Gasteiger partial charge in [-0.05, 0) is 25.8 Å². The lowest BCUT2D eigenvalue weighted by Gasteiger charge is -2.16. The Labute approximate surface area is 122 Å². The number of nitro benzene ring substituents is 1. The number of hydrogen-bond donors (Lipinski definition) is 1. The molecule has 114 valence electrons. The molecule has 21 heavy (non-hydrogen) atoms. The number of non-ortho nitro benzene ring substituents is 1. The highest BCUT2D eigenvalue weighted by Gasteiger charge is 2.20. The fourth-order valence-electron chi connectivity index (χ4n) is 2.04. The number of benzene rings is 1. The van der Waals surface area contributed by atoms with E-state index in [0.29, 0.717) is 12.3 Å². The summed E-state index contributed by atoms with van der Waals surface area (Å²) in [5.74, 6) is -0.339. The second-order valence-corrected chi connectivity index (χ2v) is 4.91. The predicted molar refractivity (Wildman–Crippen MR) is 76.1 cm³/mol. The Morgan fingerprint density at radius 3 is 3.10 bits per heavy atom. The van der Waals surface area contributed by atoms with Crippen molar-refractivity contribution < 1.29 is 19.2 Å². The number of carbonyl (C=O) groups excluding carboxylic acids is 1. The van der Waals surface area contributed by atoms with E-state index in [-0.39, 0.29) is 17.7 Å². The monoisotopic (exact) mass is 294 g/mol. The molecule has 0 aliphatic carbocycles. The maximum atomic E-state index is 12.0. The summed E-state index contributed by atoms with van der Waals surface area (Å²) >= 11 is 0. The van der Waals surface area contributed by atoms with Crippen LogP contribution in [0.4, 0.5) is 11.4 Å². The third-order valence-corrected chi connectivity index (χ3v) is 3.25. The van der Waals surface area contributed by atoms with Gasteiger partial charge in [0.2, 0.25) is 0 Å². The van der Waals surface area contributed by atoms with Crippen molar-refractivity contribution in [1.82, 2.24) is 0 Å². The van der Waals surface area contributed by atoms with Gasteiger partial charge in [-0.3, -0.25) is 14.9 Å². The Kier molecular flexibility index (Phi) is 5.24. The van der Waals surface area contributed by atoms with Gasteiger partial charge in [-0.1, -0.05) is 6.07 Å². The highest BCUT2D eigenvalue weighted by Crippen LogP contribution is 2.18. The fraction of sp³-hybridized carbons (Fsp3) is 0.500. The molecule has 7 nitrogen and oxygen atoms in total. The minimum atomic E-state index is -0.645. The molecule has 0 radical (unpaired) electrons. The standard InChI is InChI=1S/C14H18N2O5/c1-10(21-9-13-6-3-7-20-13)14(17)15-11-4-2-5-12(8-11)16(18)19/h2,4-5,8,10,13H,3,6-7,9H2,1H3,(H,15,17). The van der Waals surface area contributed by atoms with Gasteiger partial charge in [0.1, 0.15) is 6.10 Å². The number of carbonyl (C=O) groups is 1. The van der Waals surface area contributed by atoms with E-state index in [1.54, 1.807) is 13.0 Å². The Morgan fingerprint density at radius 1 is 1.62 bits per heavy atom. The first kappa shape index (κ1) is 15.4. The van der Waals surface area contributed by atoms with Gasteiger partial charge in [-0.15, -0.1) is 0 Å². The van der Waals surface area contributed by atoms with Crippen LogP contribution in [0.1, 0.15) is 19.8 Å². The molecule has 2 unspecified atom stereocenters. The first-order valence-electron chi connectivity index (χ1n) is 6.85. The van der Waals surface area contributed by atoms with Crippen LogP contribution < -0.4 is 5.32 Å². The summed E-state index contributed by atoms with van der Waals surface area (Å²) in [7, 11) is 0. The Hall–Kier alpha value is -1.99. The highest BCUT2D eigenvalue weighted by atomic mass is 16.6. The van der Waals surface area contributed by atoms with E-state index in [0.717, 1.165) is 19.4 Å². The van der Waals surface area contributed by atoms with Gasteiger partial charge in [0.25, 0.3) is 11.6 Å². The Morgan fingerprint density at radius 2 is 2.43 bits per heavy atom. The molecule has 0 spiro atoms. The van der Waals surface area contributed by atoms with Crippen LogP contribution in [0.5, 0.6) is 0 Å². The molecular formula is C14H18N2O5. The summed E-state index contributed by atoms with van der Waals surface area (Å²) in [6.07, 6.45) is 1.37. The lowest BCUT2D eigenvalue weighted by Crippen LogP contribution is -2.30. The van der Waals surface area contributed by atoms with E-state index in [1.807, 2.05) is 0 Å². The van der Waals surface area contributed by atoms with Crippen LogP contribution in [0.15, 0.2) is 24.3 Å². The van der Waals surface area contributed by atoms with E-state index >= 15 is 0 Å². The van der Waals surface area contributed by atoms with Gasteiger partial charge < -0.3 is 14.8 Å². The van der Waals surface area contributed by atoms with Gasteiger partial charge in [0.15, 0.2) is 0 Å². The number of hydrogen-bond acceptors (Lipinski definition) is 5. The Balaban J connectivity index is 1.84. The van der Waals surface area contributed by atoms with E-state index < -0.39 is 11.0 Å². The molecule has 1 saturated heterocycles. The van der Waals surface area contributed by atoms with E-state index in [4.69, 9.17) is 9.47 Å². The zero-order chi connectivity index (χ0) is 15.2. The summed E-state index contributed by atoms with van der Waals surface area (Å²) in [5, 5.41) is 13.3. The highest BCUT2D eigenvalue weighted by molar-refractivity contribution is 5.94. The minimum Gasteiger partial charge on any atom is -0.376 e. The molecule has 1 N–H and O–H groups in total. The molecule has 1 aliphatic heterocycles. The number of ether oxygens (including phenoxy) is 2. The molecule has 1 aromatic rings. The fourth-order valence-corrected chi connectivity index (χ4v) is 2.04. The predicted octanol–water partition coefficient (Wildman–Crippen LogP) is 2.12. The molecule has 0 saturated carbocycles. The maximum absolute atomic E-state index is 12.0. The van der Waals surface area contributed by atoms with E-state index in [9.17, 15) is 14.9 Å². The second kappa shape index (κ2) is 7.14. The van der Waals surface area contributed by atoms with Crippen molar-refractivity contribution in [3.05, 3.63) is 34.4 Å². The largest absolute Gasteiger partial charge is 0.376 e. The SMILES string of the molecule is CC(OCC1CCCO1)C(=O)Nc1cccc([N+](=O)[O-])c1. The molecule has 1 amide bonds. The van der Waals surface area contributed by atoms with Crippen LogP contribution in [-0.4, -0.2) is 36.3 Å². The van der Waals surface area contributed by atoms with Crippen LogP contribution in [0.3, 0.4) is 0 Å². The van der Waals surface area contributed by atoms with E-state index in [2.05, 4.69) is 5.32 Å². The van der Waals surface area contributed by atoms with Crippen LogP contribution in [-0.2, 0) is 14.3 Å².